The summed E-state index contributed by atoms with van der Waals surface area (Å²) in [6.07, 6.45) is -20.0. The molecule has 1 nitrogen and oxygen atoms in total. The summed E-state index contributed by atoms with van der Waals surface area (Å²) in [5.74, 6) is -12.8. The van der Waals surface area contributed by atoms with Crippen molar-refractivity contribution in [3.63, 3.8) is 0 Å². The average Bonchev–Trinajstić information content (AvgIpc) is 2.40. The molecule has 12 heteroatoms. The van der Waals surface area contributed by atoms with Crippen LogP contribution in [0.2, 0.25) is 0 Å². The number of hydrogen-bond acceptors (Lipinski definition) is 1. The van der Waals surface area contributed by atoms with Crippen LogP contribution in [0.25, 0.3) is 0 Å². The van der Waals surface area contributed by atoms with Gasteiger partial charge in [-0.15, -0.1) is 0 Å². The lowest BCUT2D eigenvalue weighted by Gasteiger charge is -2.34. The van der Waals surface area contributed by atoms with Gasteiger partial charge in [0, 0.05) is 0 Å². The van der Waals surface area contributed by atoms with Gasteiger partial charge in [-0.25, -0.2) is 17.6 Å². The summed E-state index contributed by atoms with van der Waals surface area (Å²) in [7, 11) is 0. The van der Waals surface area contributed by atoms with Crippen molar-refractivity contribution in [2.45, 2.75) is 68.5 Å². The van der Waals surface area contributed by atoms with Crippen LogP contribution >= 0.6 is 0 Å². The fourth-order valence-corrected chi connectivity index (χ4v) is 1.53. The molecular weight excluding hydrogens is 355 g/mol. The van der Waals surface area contributed by atoms with E-state index in [1.54, 1.807) is 0 Å². The molecule has 0 aromatic rings. The SMILES string of the molecule is CC(F)C(F)CCC(F)C(F)C(N)C(F)(F)C(F)(F)C(F)(F)F. The zero-order chi connectivity index (χ0) is 18.8. The van der Waals surface area contributed by atoms with Crippen LogP contribution in [0.4, 0.5) is 48.3 Å². The Kier molecular flexibility index (Phi) is 7.13. The van der Waals surface area contributed by atoms with Gasteiger partial charge in [0.2, 0.25) is 0 Å². The van der Waals surface area contributed by atoms with Gasteiger partial charge in [0.25, 0.3) is 0 Å². The number of rotatable bonds is 8. The van der Waals surface area contributed by atoms with Gasteiger partial charge in [0.1, 0.15) is 24.6 Å². The van der Waals surface area contributed by atoms with Crippen LogP contribution in [-0.2, 0) is 0 Å². The number of halogens is 11. The van der Waals surface area contributed by atoms with E-state index in [9.17, 15) is 48.3 Å². The lowest BCUT2D eigenvalue weighted by molar-refractivity contribution is -0.361. The summed E-state index contributed by atoms with van der Waals surface area (Å²) in [6.45, 7) is 0.731. The van der Waals surface area contributed by atoms with Gasteiger partial charge < -0.3 is 5.73 Å². The molecule has 23 heavy (non-hydrogen) atoms. The van der Waals surface area contributed by atoms with Gasteiger partial charge in [-0.2, -0.15) is 30.7 Å². The molecule has 0 aromatic heterocycles. The van der Waals surface area contributed by atoms with Crippen molar-refractivity contribution in [3.05, 3.63) is 0 Å². The molecule has 0 saturated heterocycles. The van der Waals surface area contributed by atoms with Gasteiger partial charge >= 0.3 is 18.0 Å². The van der Waals surface area contributed by atoms with Crippen LogP contribution in [0.5, 0.6) is 0 Å². The van der Waals surface area contributed by atoms with Crippen molar-refractivity contribution in [1.29, 1.82) is 0 Å². The lowest BCUT2D eigenvalue weighted by Crippen LogP contribution is -2.64. The second kappa shape index (κ2) is 7.39. The van der Waals surface area contributed by atoms with E-state index >= 15 is 0 Å². The Balaban J connectivity index is 5.02. The van der Waals surface area contributed by atoms with Crippen molar-refractivity contribution in [2.24, 2.45) is 5.73 Å². The zero-order valence-electron chi connectivity index (χ0n) is 11.5. The first kappa shape index (κ1) is 22.2. The fourth-order valence-electron chi connectivity index (χ4n) is 1.53. The Labute approximate surface area is 124 Å². The Morgan fingerprint density at radius 3 is 1.52 bits per heavy atom. The first-order chi connectivity index (χ1) is 10.1. The summed E-state index contributed by atoms with van der Waals surface area (Å²) in [6, 6.07) is -3.84. The van der Waals surface area contributed by atoms with Gasteiger partial charge in [0.15, 0.2) is 6.17 Å². The minimum absolute atomic E-state index is 0.731. The molecule has 5 unspecified atom stereocenters. The number of hydrogen-bond donors (Lipinski definition) is 1. The van der Waals surface area contributed by atoms with Crippen LogP contribution in [0.1, 0.15) is 19.8 Å². The number of nitrogens with two attached hydrogens (primary N) is 1. The Morgan fingerprint density at radius 1 is 0.783 bits per heavy atom. The van der Waals surface area contributed by atoms with Gasteiger partial charge in [0.05, 0.1) is 0 Å². The van der Waals surface area contributed by atoms with E-state index in [0.29, 0.717) is 0 Å². The molecule has 0 fully saturated rings. The Bertz CT molecular complexity index is 367. The van der Waals surface area contributed by atoms with E-state index in [-0.39, 0.29) is 0 Å². The van der Waals surface area contributed by atoms with Crippen LogP contribution in [0.3, 0.4) is 0 Å². The van der Waals surface area contributed by atoms with Gasteiger partial charge in [-0.05, 0) is 19.8 Å². The van der Waals surface area contributed by atoms with Crippen molar-refractivity contribution in [2.75, 3.05) is 0 Å². The highest BCUT2D eigenvalue weighted by molar-refractivity contribution is 5.02. The van der Waals surface area contributed by atoms with Crippen LogP contribution < -0.4 is 5.73 Å². The van der Waals surface area contributed by atoms with Crippen LogP contribution in [0, 0.1) is 0 Å². The number of alkyl halides is 11. The third-order valence-electron chi connectivity index (χ3n) is 3.10. The van der Waals surface area contributed by atoms with E-state index in [0.717, 1.165) is 6.92 Å². The van der Waals surface area contributed by atoms with Crippen molar-refractivity contribution in [3.8, 4) is 0 Å². The molecule has 140 valence electrons. The van der Waals surface area contributed by atoms with Crippen molar-refractivity contribution < 1.29 is 48.3 Å². The zero-order valence-corrected chi connectivity index (χ0v) is 11.5. The third kappa shape index (κ3) is 4.83. The average molecular weight is 369 g/mol. The highest BCUT2D eigenvalue weighted by atomic mass is 19.4. The molecular formula is C11H14F11N. The topological polar surface area (TPSA) is 26.0 Å². The first-order valence-electron chi connectivity index (χ1n) is 6.21. The van der Waals surface area contributed by atoms with E-state index < -0.39 is 61.6 Å². The van der Waals surface area contributed by atoms with Gasteiger partial charge in [-0.1, -0.05) is 0 Å². The molecule has 2 N–H and O–H groups in total. The minimum Gasteiger partial charge on any atom is -0.320 e. The molecule has 0 bridgehead atoms. The first-order valence-corrected chi connectivity index (χ1v) is 6.21. The molecule has 0 saturated carbocycles. The highest BCUT2D eigenvalue weighted by Crippen LogP contribution is 2.48. The second-order valence-electron chi connectivity index (χ2n) is 4.95. The molecule has 0 aliphatic carbocycles. The second-order valence-corrected chi connectivity index (χ2v) is 4.95. The maximum atomic E-state index is 13.4. The van der Waals surface area contributed by atoms with Gasteiger partial charge in [-0.3, -0.25) is 0 Å². The molecule has 0 radical (unpaired) electrons. The largest absolute Gasteiger partial charge is 0.459 e. The Morgan fingerprint density at radius 2 is 1.17 bits per heavy atom. The molecule has 0 aliphatic rings. The summed E-state index contributed by atoms with van der Waals surface area (Å²) < 4.78 is 139. The van der Waals surface area contributed by atoms with Crippen LogP contribution in [-0.4, -0.2) is 48.7 Å². The Hall–Kier alpha value is -0.810. The molecule has 0 spiro atoms. The summed E-state index contributed by atoms with van der Waals surface area (Å²) in [5, 5.41) is 0. The normalized spacial score (nSPS) is 20.7. The molecule has 0 heterocycles. The predicted molar refractivity (Wildman–Crippen MR) is 58.4 cm³/mol. The van der Waals surface area contributed by atoms with E-state index in [4.69, 9.17) is 0 Å². The smallest absolute Gasteiger partial charge is 0.320 e. The van der Waals surface area contributed by atoms with E-state index in [2.05, 4.69) is 5.73 Å². The third-order valence-corrected chi connectivity index (χ3v) is 3.10. The fraction of sp³-hybridized carbons (Fsp3) is 1.00. The predicted octanol–water partition coefficient (Wildman–Crippen LogP) is 4.30. The maximum absolute atomic E-state index is 13.4. The molecule has 0 amide bonds. The highest BCUT2D eigenvalue weighted by Gasteiger charge is 2.76. The van der Waals surface area contributed by atoms with Crippen LogP contribution in [0.15, 0.2) is 0 Å². The quantitative estimate of drug-likeness (QED) is 0.635. The lowest BCUT2D eigenvalue weighted by atomic mass is 9.94. The van der Waals surface area contributed by atoms with Crippen molar-refractivity contribution in [1.82, 2.24) is 0 Å². The summed E-state index contributed by atoms with van der Waals surface area (Å²) in [4.78, 5) is 0. The maximum Gasteiger partial charge on any atom is 0.459 e. The standard InChI is InChI=1S/C11H14F11N/c1-4(12)5(13)2-3-6(14)7(15)8(23)9(16,17)10(18,19)11(20,21)22/h4-8H,2-3,23H2,1H3. The molecule has 0 aliphatic heterocycles. The minimum atomic E-state index is -6.74. The summed E-state index contributed by atoms with van der Waals surface area (Å²) in [5.41, 5.74) is 4.33. The molecule has 0 rings (SSSR count). The van der Waals surface area contributed by atoms with Crippen molar-refractivity contribution >= 4 is 0 Å². The summed E-state index contributed by atoms with van der Waals surface area (Å²) >= 11 is 0. The monoisotopic (exact) mass is 369 g/mol. The molecule has 5 atom stereocenters. The molecule has 0 aromatic carbocycles. The van der Waals surface area contributed by atoms with E-state index in [1.807, 2.05) is 0 Å². The van der Waals surface area contributed by atoms with E-state index in [1.165, 1.54) is 0 Å².